The molecule has 0 saturated heterocycles. The van der Waals surface area contributed by atoms with Gasteiger partial charge < -0.3 is 14.5 Å². The maximum Gasteiger partial charge on any atom is 0.414 e. The van der Waals surface area contributed by atoms with Gasteiger partial charge in [-0.1, -0.05) is 48.5 Å². The highest BCUT2D eigenvalue weighted by atomic mass is 16.6. The molecule has 1 aromatic heterocycles. The number of aromatic nitrogens is 2. The van der Waals surface area contributed by atoms with Crippen LogP contribution in [-0.2, 0) is 0 Å². The number of hydrogen-bond donors (Lipinski definition) is 0. The van der Waals surface area contributed by atoms with Gasteiger partial charge in [0.2, 0.25) is 0 Å². The highest BCUT2D eigenvalue weighted by Gasteiger charge is 2.17. The molecule has 0 bridgehead atoms. The van der Waals surface area contributed by atoms with Crippen molar-refractivity contribution in [3.63, 3.8) is 0 Å². The SMILES string of the molecule is CN(C)C(=O)Oc1cc(N(C)c2ccccc2)nnc1-c1ccccc1. The van der Waals surface area contributed by atoms with E-state index >= 15 is 0 Å². The minimum atomic E-state index is -0.469. The number of hydrogen-bond acceptors (Lipinski definition) is 5. The van der Waals surface area contributed by atoms with Gasteiger partial charge in [-0.15, -0.1) is 10.2 Å². The number of carbonyl (C=O) groups is 1. The first kappa shape index (κ1) is 17.4. The highest BCUT2D eigenvalue weighted by molar-refractivity contribution is 5.76. The molecule has 26 heavy (non-hydrogen) atoms. The standard InChI is InChI=1S/C20H20N4O2/c1-23(2)20(25)26-17-14-18(24(3)16-12-8-5-9-13-16)21-22-19(17)15-10-6-4-7-11-15/h4-14H,1-3H3. The third-order valence-electron chi connectivity index (χ3n) is 3.84. The summed E-state index contributed by atoms with van der Waals surface area (Å²) in [6, 6.07) is 21.0. The Labute approximate surface area is 152 Å². The first-order valence-corrected chi connectivity index (χ1v) is 8.17. The number of ether oxygens (including phenoxy) is 1. The second-order valence-corrected chi connectivity index (χ2v) is 5.94. The van der Waals surface area contributed by atoms with Gasteiger partial charge in [0.25, 0.3) is 0 Å². The Morgan fingerprint density at radius 3 is 2.12 bits per heavy atom. The van der Waals surface area contributed by atoms with Crippen molar-refractivity contribution in [3.05, 3.63) is 66.7 Å². The van der Waals surface area contributed by atoms with Gasteiger partial charge in [0.15, 0.2) is 11.6 Å². The van der Waals surface area contributed by atoms with E-state index in [1.54, 1.807) is 20.2 Å². The molecule has 2 aromatic carbocycles. The monoisotopic (exact) mass is 348 g/mol. The summed E-state index contributed by atoms with van der Waals surface area (Å²) in [6.45, 7) is 0. The summed E-state index contributed by atoms with van der Waals surface area (Å²) in [5.74, 6) is 0.945. The number of amides is 1. The first-order valence-electron chi connectivity index (χ1n) is 8.17. The molecular formula is C20H20N4O2. The predicted octanol–water partition coefficient (Wildman–Crippen LogP) is 3.97. The lowest BCUT2D eigenvalue weighted by Crippen LogP contribution is -2.26. The predicted molar refractivity (Wildman–Crippen MR) is 102 cm³/mol. The molecule has 3 aromatic rings. The van der Waals surface area contributed by atoms with E-state index in [0.29, 0.717) is 17.3 Å². The lowest BCUT2D eigenvalue weighted by atomic mass is 10.1. The van der Waals surface area contributed by atoms with E-state index in [9.17, 15) is 4.79 Å². The number of anilines is 2. The van der Waals surface area contributed by atoms with Crippen molar-refractivity contribution in [1.29, 1.82) is 0 Å². The van der Waals surface area contributed by atoms with Crippen molar-refractivity contribution in [1.82, 2.24) is 15.1 Å². The van der Waals surface area contributed by atoms with E-state index in [-0.39, 0.29) is 0 Å². The molecule has 0 radical (unpaired) electrons. The lowest BCUT2D eigenvalue weighted by molar-refractivity contribution is 0.172. The van der Waals surface area contributed by atoms with E-state index in [2.05, 4.69) is 10.2 Å². The second-order valence-electron chi connectivity index (χ2n) is 5.94. The van der Waals surface area contributed by atoms with Crippen molar-refractivity contribution in [3.8, 4) is 17.0 Å². The van der Waals surface area contributed by atoms with Crippen molar-refractivity contribution in [2.45, 2.75) is 0 Å². The molecule has 1 heterocycles. The summed E-state index contributed by atoms with van der Waals surface area (Å²) in [7, 11) is 5.16. The van der Waals surface area contributed by atoms with Crippen LogP contribution in [0.25, 0.3) is 11.3 Å². The second kappa shape index (κ2) is 7.65. The van der Waals surface area contributed by atoms with Crippen LogP contribution in [0.15, 0.2) is 66.7 Å². The maximum atomic E-state index is 12.1. The van der Waals surface area contributed by atoms with Gasteiger partial charge in [-0.05, 0) is 12.1 Å². The van der Waals surface area contributed by atoms with Crippen LogP contribution in [0.2, 0.25) is 0 Å². The van der Waals surface area contributed by atoms with Gasteiger partial charge in [0, 0.05) is 38.5 Å². The minimum absolute atomic E-state index is 0.364. The fourth-order valence-corrected chi connectivity index (χ4v) is 2.37. The Kier molecular flexibility index (Phi) is 5.12. The molecule has 0 atom stereocenters. The van der Waals surface area contributed by atoms with Crippen LogP contribution in [-0.4, -0.2) is 42.3 Å². The molecule has 6 heteroatoms. The molecule has 3 rings (SSSR count). The molecule has 132 valence electrons. The molecule has 0 unspecified atom stereocenters. The Morgan fingerprint density at radius 1 is 0.885 bits per heavy atom. The fourth-order valence-electron chi connectivity index (χ4n) is 2.37. The van der Waals surface area contributed by atoms with Crippen LogP contribution in [0.5, 0.6) is 5.75 Å². The summed E-state index contributed by atoms with van der Waals surface area (Å²) in [5, 5.41) is 8.64. The average molecular weight is 348 g/mol. The third-order valence-corrected chi connectivity index (χ3v) is 3.84. The van der Waals surface area contributed by atoms with Crippen molar-refractivity contribution in [2.75, 3.05) is 26.0 Å². The molecule has 0 aliphatic carbocycles. The number of benzene rings is 2. The van der Waals surface area contributed by atoms with Gasteiger partial charge in [-0.3, -0.25) is 0 Å². The number of para-hydroxylation sites is 1. The third kappa shape index (κ3) is 3.80. The smallest absolute Gasteiger partial charge is 0.408 e. The van der Waals surface area contributed by atoms with Crippen LogP contribution in [0.4, 0.5) is 16.3 Å². The lowest BCUT2D eigenvalue weighted by Gasteiger charge is -2.19. The van der Waals surface area contributed by atoms with Gasteiger partial charge in [0.1, 0.15) is 5.69 Å². The summed E-state index contributed by atoms with van der Waals surface area (Å²) >= 11 is 0. The summed E-state index contributed by atoms with van der Waals surface area (Å²) in [6.07, 6.45) is -0.469. The van der Waals surface area contributed by atoms with Crippen molar-refractivity contribution < 1.29 is 9.53 Å². The minimum Gasteiger partial charge on any atom is -0.408 e. The molecule has 0 saturated carbocycles. The van der Waals surface area contributed by atoms with Gasteiger partial charge in [-0.25, -0.2) is 4.79 Å². The van der Waals surface area contributed by atoms with Crippen LogP contribution < -0.4 is 9.64 Å². The molecule has 0 spiro atoms. The molecule has 0 fully saturated rings. The largest absolute Gasteiger partial charge is 0.414 e. The highest BCUT2D eigenvalue weighted by Crippen LogP contribution is 2.32. The van der Waals surface area contributed by atoms with Crippen LogP contribution in [0.1, 0.15) is 0 Å². The van der Waals surface area contributed by atoms with E-state index in [0.717, 1.165) is 11.3 Å². The zero-order valence-electron chi connectivity index (χ0n) is 15.0. The number of nitrogens with zero attached hydrogens (tertiary/aromatic N) is 4. The first-order chi connectivity index (χ1) is 12.6. The van der Waals surface area contributed by atoms with E-state index < -0.39 is 6.09 Å². The Hall–Kier alpha value is -3.41. The summed E-state index contributed by atoms with van der Waals surface area (Å²) in [4.78, 5) is 15.3. The van der Waals surface area contributed by atoms with E-state index in [1.807, 2.05) is 72.6 Å². The normalized spacial score (nSPS) is 10.3. The molecule has 0 aliphatic heterocycles. The van der Waals surface area contributed by atoms with Gasteiger partial charge in [-0.2, -0.15) is 0 Å². The van der Waals surface area contributed by atoms with Gasteiger partial charge in [0.05, 0.1) is 0 Å². The Morgan fingerprint density at radius 2 is 1.50 bits per heavy atom. The molecule has 0 N–H and O–H groups in total. The quantitative estimate of drug-likeness (QED) is 0.714. The topological polar surface area (TPSA) is 58.6 Å². The van der Waals surface area contributed by atoms with Gasteiger partial charge >= 0.3 is 6.09 Å². The van der Waals surface area contributed by atoms with Crippen LogP contribution in [0, 0.1) is 0 Å². The van der Waals surface area contributed by atoms with Crippen molar-refractivity contribution >= 4 is 17.6 Å². The molecular weight excluding hydrogens is 328 g/mol. The van der Waals surface area contributed by atoms with E-state index in [1.165, 1.54) is 4.90 Å². The summed E-state index contributed by atoms with van der Waals surface area (Å²) in [5.41, 5.74) is 2.31. The fraction of sp³-hybridized carbons (Fsp3) is 0.150. The van der Waals surface area contributed by atoms with Crippen LogP contribution in [0.3, 0.4) is 0 Å². The maximum absolute atomic E-state index is 12.1. The Balaban J connectivity index is 2.02. The summed E-state index contributed by atoms with van der Waals surface area (Å²) < 4.78 is 5.55. The van der Waals surface area contributed by atoms with Crippen LogP contribution >= 0.6 is 0 Å². The molecule has 0 aliphatic rings. The zero-order chi connectivity index (χ0) is 18.5. The van der Waals surface area contributed by atoms with E-state index in [4.69, 9.17) is 4.74 Å². The number of rotatable bonds is 4. The Bertz CT molecular complexity index is 883. The molecule has 1 amide bonds. The van der Waals surface area contributed by atoms with Crippen molar-refractivity contribution in [2.24, 2.45) is 0 Å². The zero-order valence-corrected chi connectivity index (χ0v) is 15.0. The number of carbonyl (C=O) groups excluding carboxylic acids is 1. The average Bonchev–Trinajstić information content (AvgIpc) is 2.68. The molecule has 6 nitrogen and oxygen atoms in total.